The lowest BCUT2D eigenvalue weighted by Gasteiger charge is -2.20. The number of hydrogen-bond acceptors (Lipinski definition) is 7. The third-order valence-electron chi connectivity index (χ3n) is 4.80. The molecule has 0 saturated heterocycles. The molecular weight excluding hydrogens is 540 g/mol. The van der Waals surface area contributed by atoms with Gasteiger partial charge in [0, 0.05) is 18.0 Å². The van der Waals surface area contributed by atoms with E-state index in [1.165, 1.54) is 13.0 Å². The number of anilines is 1. The van der Waals surface area contributed by atoms with Gasteiger partial charge < -0.3 is 30.0 Å². The minimum absolute atomic E-state index is 0.0409. The van der Waals surface area contributed by atoms with Crippen molar-refractivity contribution in [2.45, 2.75) is 19.5 Å². The van der Waals surface area contributed by atoms with E-state index in [1.54, 1.807) is 0 Å². The summed E-state index contributed by atoms with van der Waals surface area (Å²) < 4.78 is 98.9. The van der Waals surface area contributed by atoms with E-state index < -0.39 is 52.7 Å². The Morgan fingerprint density at radius 3 is 2.26 bits per heavy atom. The second-order valence-electron chi connectivity index (χ2n) is 7.46. The first-order valence-electron chi connectivity index (χ1n) is 10.8. The predicted molar refractivity (Wildman–Crippen MR) is 123 cm³/mol. The Hall–Kier alpha value is -4.69. The standard InChI is InChI=1S/C24H19F6N3O6/c1-3-37-20-14(23(25,26)27)5-7-17(19(20)22(35)33-12-8-9-32-15(10-12)21(31)34)38-16-6-4-13(11-18(16)36-2)39-24(28,29)30/h4-11H,3H2,1-2H3,(H2,31,34)(H,32,33,35). The largest absolute Gasteiger partial charge is 0.573 e. The second-order valence-corrected chi connectivity index (χ2v) is 7.46. The average molecular weight is 559 g/mol. The van der Waals surface area contributed by atoms with Crippen LogP contribution in [-0.2, 0) is 6.18 Å². The van der Waals surface area contributed by atoms with Crippen molar-refractivity contribution < 1.29 is 54.9 Å². The minimum atomic E-state index is -5.00. The molecule has 0 fully saturated rings. The molecule has 39 heavy (non-hydrogen) atoms. The number of nitrogens with zero attached hydrogens (tertiary/aromatic N) is 1. The van der Waals surface area contributed by atoms with Crippen LogP contribution in [0.5, 0.6) is 28.7 Å². The first kappa shape index (κ1) is 28.9. The topological polar surface area (TPSA) is 122 Å². The smallest absolute Gasteiger partial charge is 0.493 e. The number of primary amides is 1. The third-order valence-corrected chi connectivity index (χ3v) is 4.80. The van der Waals surface area contributed by atoms with E-state index in [4.69, 9.17) is 19.9 Å². The SMILES string of the molecule is CCOc1c(C(F)(F)F)ccc(Oc2ccc(OC(F)(F)F)cc2OC)c1C(=O)Nc1ccnc(C(N)=O)c1. The highest BCUT2D eigenvalue weighted by Crippen LogP contribution is 2.44. The van der Waals surface area contributed by atoms with Gasteiger partial charge in [0.05, 0.1) is 19.3 Å². The zero-order valence-corrected chi connectivity index (χ0v) is 20.1. The monoisotopic (exact) mass is 559 g/mol. The number of benzene rings is 2. The summed E-state index contributed by atoms with van der Waals surface area (Å²) in [7, 11) is 1.10. The maximum atomic E-state index is 13.8. The Balaban J connectivity index is 2.13. The molecule has 0 atom stereocenters. The van der Waals surface area contributed by atoms with E-state index in [2.05, 4.69) is 15.0 Å². The number of carbonyl (C=O) groups excluding carboxylic acids is 2. The zero-order chi connectivity index (χ0) is 29.0. The first-order chi connectivity index (χ1) is 18.2. The lowest BCUT2D eigenvalue weighted by molar-refractivity contribution is -0.274. The molecule has 208 valence electrons. The molecule has 1 heterocycles. The fourth-order valence-electron chi connectivity index (χ4n) is 3.27. The summed E-state index contributed by atoms with van der Waals surface area (Å²) in [6, 6.07) is 6.50. The molecule has 0 spiro atoms. The predicted octanol–water partition coefficient (Wildman–Crippen LogP) is 5.55. The molecule has 0 aliphatic rings. The molecule has 3 N–H and O–H groups in total. The maximum absolute atomic E-state index is 13.8. The Morgan fingerprint density at radius 2 is 1.67 bits per heavy atom. The number of aromatic nitrogens is 1. The molecule has 0 unspecified atom stereocenters. The summed E-state index contributed by atoms with van der Waals surface area (Å²) in [6.07, 6.45) is -8.81. The molecule has 0 aliphatic heterocycles. The number of hydrogen-bond donors (Lipinski definition) is 2. The van der Waals surface area contributed by atoms with E-state index in [0.717, 1.165) is 43.6 Å². The molecule has 3 rings (SSSR count). The van der Waals surface area contributed by atoms with Gasteiger partial charge in [0.15, 0.2) is 11.5 Å². The Bertz CT molecular complexity index is 1380. The van der Waals surface area contributed by atoms with Crippen molar-refractivity contribution in [3.8, 4) is 28.7 Å². The number of carbonyl (C=O) groups is 2. The number of methoxy groups -OCH3 is 1. The van der Waals surface area contributed by atoms with Crippen LogP contribution in [0.4, 0.5) is 32.0 Å². The van der Waals surface area contributed by atoms with Crippen molar-refractivity contribution in [1.29, 1.82) is 0 Å². The van der Waals surface area contributed by atoms with Crippen LogP contribution in [0.1, 0.15) is 33.3 Å². The second kappa shape index (κ2) is 11.4. The zero-order valence-electron chi connectivity index (χ0n) is 20.1. The summed E-state index contributed by atoms with van der Waals surface area (Å²) in [4.78, 5) is 28.4. The molecule has 2 amide bonds. The number of pyridine rings is 1. The van der Waals surface area contributed by atoms with Gasteiger partial charge in [0.25, 0.3) is 11.8 Å². The number of nitrogens with one attached hydrogen (secondary N) is 1. The maximum Gasteiger partial charge on any atom is 0.573 e. The van der Waals surface area contributed by atoms with E-state index in [9.17, 15) is 35.9 Å². The van der Waals surface area contributed by atoms with Crippen LogP contribution in [0.15, 0.2) is 48.7 Å². The molecule has 9 nitrogen and oxygen atoms in total. The molecule has 3 aromatic rings. The fourth-order valence-corrected chi connectivity index (χ4v) is 3.27. The van der Waals surface area contributed by atoms with Gasteiger partial charge in [-0.3, -0.25) is 14.6 Å². The van der Waals surface area contributed by atoms with Crippen LogP contribution in [0.2, 0.25) is 0 Å². The molecule has 0 bridgehead atoms. The fraction of sp³-hybridized carbons (Fsp3) is 0.208. The van der Waals surface area contributed by atoms with Gasteiger partial charge in [0.2, 0.25) is 0 Å². The molecule has 2 aromatic carbocycles. The highest BCUT2D eigenvalue weighted by molar-refractivity contribution is 6.09. The van der Waals surface area contributed by atoms with Crippen molar-refractivity contribution in [2.75, 3.05) is 19.0 Å². The van der Waals surface area contributed by atoms with Gasteiger partial charge in [0.1, 0.15) is 28.5 Å². The molecule has 0 radical (unpaired) electrons. The molecule has 15 heteroatoms. The van der Waals surface area contributed by atoms with Crippen molar-refractivity contribution in [3.63, 3.8) is 0 Å². The summed E-state index contributed by atoms with van der Waals surface area (Å²) >= 11 is 0. The van der Waals surface area contributed by atoms with Gasteiger partial charge in [-0.2, -0.15) is 13.2 Å². The van der Waals surface area contributed by atoms with Gasteiger partial charge in [-0.05, 0) is 43.3 Å². The number of rotatable bonds is 9. The van der Waals surface area contributed by atoms with Crippen LogP contribution in [0.25, 0.3) is 0 Å². The Labute approximate surface area is 216 Å². The van der Waals surface area contributed by atoms with Crippen molar-refractivity contribution in [1.82, 2.24) is 4.98 Å². The number of ether oxygens (including phenoxy) is 4. The average Bonchev–Trinajstić information content (AvgIpc) is 2.83. The normalized spacial score (nSPS) is 11.5. The van der Waals surface area contributed by atoms with Crippen LogP contribution < -0.4 is 30.0 Å². The van der Waals surface area contributed by atoms with Gasteiger partial charge >= 0.3 is 12.5 Å². The van der Waals surface area contributed by atoms with E-state index in [-0.39, 0.29) is 29.5 Å². The Morgan fingerprint density at radius 1 is 0.974 bits per heavy atom. The lowest BCUT2D eigenvalue weighted by atomic mass is 10.1. The van der Waals surface area contributed by atoms with E-state index >= 15 is 0 Å². The third kappa shape index (κ3) is 7.21. The van der Waals surface area contributed by atoms with Gasteiger partial charge in [-0.1, -0.05) is 0 Å². The van der Waals surface area contributed by atoms with Crippen molar-refractivity contribution in [3.05, 3.63) is 65.5 Å². The number of amides is 2. The highest BCUT2D eigenvalue weighted by atomic mass is 19.4. The lowest BCUT2D eigenvalue weighted by Crippen LogP contribution is -2.19. The summed E-state index contributed by atoms with van der Waals surface area (Å²) in [5.74, 6) is -4.61. The van der Waals surface area contributed by atoms with E-state index in [1.807, 2.05) is 0 Å². The minimum Gasteiger partial charge on any atom is -0.493 e. The Kier molecular flexibility index (Phi) is 8.42. The van der Waals surface area contributed by atoms with Crippen LogP contribution in [-0.4, -0.2) is 36.9 Å². The molecule has 1 aromatic heterocycles. The highest BCUT2D eigenvalue weighted by Gasteiger charge is 2.38. The molecule has 0 saturated carbocycles. The van der Waals surface area contributed by atoms with Gasteiger partial charge in [-0.15, -0.1) is 13.2 Å². The summed E-state index contributed by atoms with van der Waals surface area (Å²) in [5, 5.41) is 2.33. The van der Waals surface area contributed by atoms with Crippen LogP contribution >= 0.6 is 0 Å². The number of alkyl halides is 6. The summed E-state index contributed by atoms with van der Waals surface area (Å²) in [6.45, 7) is 1.11. The van der Waals surface area contributed by atoms with E-state index in [0.29, 0.717) is 6.07 Å². The summed E-state index contributed by atoms with van der Waals surface area (Å²) in [5.41, 5.74) is 2.90. The quantitative estimate of drug-likeness (QED) is 0.330. The number of halogens is 6. The molecule has 0 aliphatic carbocycles. The van der Waals surface area contributed by atoms with Gasteiger partial charge in [-0.25, -0.2) is 0 Å². The van der Waals surface area contributed by atoms with Crippen LogP contribution in [0, 0.1) is 0 Å². The first-order valence-corrected chi connectivity index (χ1v) is 10.8. The van der Waals surface area contributed by atoms with Crippen molar-refractivity contribution in [2.24, 2.45) is 5.73 Å². The number of nitrogens with two attached hydrogens (primary N) is 1. The van der Waals surface area contributed by atoms with Crippen LogP contribution in [0.3, 0.4) is 0 Å². The molecular formula is C24H19F6N3O6. The van der Waals surface area contributed by atoms with Crippen molar-refractivity contribution >= 4 is 17.5 Å².